The van der Waals surface area contributed by atoms with Crippen LogP contribution in [0.1, 0.15) is 55.7 Å². The number of amides is 1. The third-order valence-corrected chi connectivity index (χ3v) is 7.96. The van der Waals surface area contributed by atoms with E-state index in [1.165, 1.54) is 35.7 Å². The lowest BCUT2D eigenvalue weighted by molar-refractivity contribution is -0.121. The molecule has 36 heavy (non-hydrogen) atoms. The Morgan fingerprint density at radius 2 is 1.58 bits per heavy atom. The molecular formula is C30H39FN4O. The Morgan fingerprint density at radius 1 is 0.861 bits per heavy atom. The van der Waals surface area contributed by atoms with Gasteiger partial charge in [-0.25, -0.2) is 4.39 Å². The molecule has 5 nitrogen and oxygen atoms in total. The number of carbonyl (C=O) groups excluding carboxylic acids is 1. The number of carbonyl (C=O) groups is 1. The molecule has 0 aliphatic carbocycles. The minimum atomic E-state index is -0.170. The van der Waals surface area contributed by atoms with E-state index in [1.54, 1.807) is 12.1 Å². The van der Waals surface area contributed by atoms with Crippen molar-refractivity contribution in [1.29, 1.82) is 0 Å². The number of hydrogen-bond donors (Lipinski definition) is 1. The maximum Gasteiger partial charge on any atom is 0.221 e. The summed E-state index contributed by atoms with van der Waals surface area (Å²) in [4.78, 5) is 17.3. The van der Waals surface area contributed by atoms with Crippen LogP contribution in [0.3, 0.4) is 0 Å². The van der Waals surface area contributed by atoms with Crippen LogP contribution in [0.15, 0.2) is 54.7 Å². The molecular weight excluding hydrogens is 451 g/mol. The SMILES string of the molecule is O=C(CCN1CCCCC1)NCc1ccc2ccn(C3CCN(CCc4ccc(F)cc4)CC3)c2c1. The third kappa shape index (κ3) is 6.54. The summed E-state index contributed by atoms with van der Waals surface area (Å²) in [5, 5.41) is 4.39. The van der Waals surface area contributed by atoms with E-state index >= 15 is 0 Å². The minimum absolute atomic E-state index is 0.143. The largest absolute Gasteiger partial charge is 0.352 e. The standard InChI is InChI=1S/C30H39FN4O/c31-27-8-5-24(6-9-27)10-17-34-18-12-28(13-19-34)35-21-11-26-7-4-25(22-29(26)35)23-32-30(36)14-20-33-15-2-1-3-16-33/h4-9,11,21-22,28H,1-3,10,12-20,23H2,(H,32,36). The highest BCUT2D eigenvalue weighted by Crippen LogP contribution is 2.28. The Morgan fingerprint density at radius 3 is 2.36 bits per heavy atom. The first-order valence-corrected chi connectivity index (χ1v) is 13.7. The zero-order valence-corrected chi connectivity index (χ0v) is 21.3. The van der Waals surface area contributed by atoms with Gasteiger partial charge in [-0.1, -0.05) is 30.7 Å². The van der Waals surface area contributed by atoms with Gasteiger partial charge in [-0.05, 0) is 86.0 Å². The van der Waals surface area contributed by atoms with Gasteiger partial charge in [0.05, 0.1) is 0 Å². The number of piperidine rings is 2. The van der Waals surface area contributed by atoms with Crippen molar-refractivity contribution in [1.82, 2.24) is 19.7 Å². The van der Waals surface area contributed by atoms with Gasteiger partial charge in [-0.15, -0.1) is 0 Å². The van der Waals surface area contributed by atoms with Crippen LogP contribution in [-0.4, -0.2) is 59.5 Å². The first-order chi connectivity index (χ1) is 17.6. The van der Waals surface area contributed by atoms with Crippen molar-refractivity contribution in [3.8, 4) is 0 Å². The summed E-state index contributed by atoms with van der Waals surface area (Å²) in [6.45, 7) is 6.91. The topological polar surface area (TPSA) is 40.5 Å². The number of rotatable bonds is 9. The zero-order chi connectivity index (χ0) is 24.7. The molecule has 1 N–H and O–H groups in total. The van der Waals surface area contributed by atoms with Crippen LogP contribution in [0.25, 0.3) is 10.9 Å². The lowest BCUT2D eigenvalue weighted by atomic mass is 10.0. The summed E-state index contributed by atoms with van der Waals surface area (Å²) in [5.41, 5.74) is 3.62. The summed E-state index contributed by atoms with van der Waals surface area (Å²) in [6.07, 6.45) is 9.87. The zero-order valence-electron chi connectivity index (χ0n) is 21.3. The van der Waals surface area contributed by atoms with Crippen LogP contribution in [0, 0.1) is 5.82 Å². The van der Waals surface area contributed by atoms with Gasteiger partial charge in [0, 0.05) is 56.9 Å². The molecule has 192 valence electrons. The molecule has 2 saturated heterocycles. The average Bonchev–Trinajstić information content (AvgIpc) is 3.34. The molecule has 0 atom stereocenters. The van der Waals surface area contributed by atoms with E-state index in [-0.39, 0.29) is 11.7 Å². The highest BCUT2D eigenvalue weighted by Gasteiger charge is 2.21. The Kier molecular flexibility index (Phi) is 8.34. The van der Waals surface area contributed by atoms with Crippen LogP contribution >= 0.6 is 0 Å². The number of halogens is 1. The van der Waals surface area contributed by atoms with E-state index < -0.39 is 0 Å². The Bertz CT molecular complexity index is 1130. The molecule has 2 aliphatic heterocycles. The summed E-state index contributed by atoms with van der Waals surface area (Å²) in [7, 11) is 0. The van der Waals surface area contributed by atoms with Gasteiger partial charge < -0.3 is 19.7 Å². The predicted octanol–water partition coefficient (Wildman–Crippen LogP) is 5.15. The predicted molar refractivity (Wildman–Crippen MR) is 144 cm³/mol. The van der Waals surface area contributed by atoms with Crippen LogP contribution in [0.2, 0.25) is 0 Å². The molecule has 5 rings (SSSR count). The number of fused-ring (bicyclic) bond motifs is 1. The highest BCUT2D eigenvalue weighted by atomic mass is 19.1. The van der Waals surface area contributed by atoms with Gasteiger partial charge in [-0.2, -0.15) is 0 Å². The number of benzene rings is 2. The fourth-order valence-electron chi connectivity index (χ4n) is 5.71. The van der Waals surface area contributed by atoms with E-state index in [2.05, 4.69) is 50.1 Å². The molecule has 1 amide bonds. The van der Waals surface area contributed by atoms with E-state index in [0.717, 1.165) is 64.1 Å². The highest BCUT2D eigenvalue weighted by molar-refractivity contribution is 5.81. The molecule has 0 radical (unpaired) electrons. The second-order valence-electron chi connectivity index (χ2n) is 10.5. The Hall–Kier alpha value is -2.70. The molecule has 1 aromatic heterocycles. The summed E-state index contributed by atoms with van der Waals surface area (Å²) >= 11 is 0. The molecule has 0 unspecified atom stereocenters. The molecule has 0 saturated carbocycles. The van der Waals surface area contributed by atoms with E-state index in [0.29, 0.717) is 19.0 Å². The van der Waals surface area contributed by atoms with Crippen LogP contribution in [0.5, 0.6) is 0 Å². The second kappa shape index (κ2) is 12.0. The van der Waals surface area contributed by atoms with Crippen LogP contribution in [-0.2, 0) is 17.8 Å². The van der Waals surface area contributed by atoms with Crippen molar-refractivity contribution >= 4 is 16.8 Å². The summed E-state index contributed by atoms with van der Waals surface area (Å²) in [5.74, 6) is -0.0269. The lowest BCUT2D eigenvalue weighted by Crippen LogP contribution is -2.35. The maximum atomic E-state index is 13.1. The monoisotopic (exact) mass is 490 g/mol. The maximum absolute atomic E-state index is 13.1. The fourth-order valence-corrected chi connectivity index (χ4v) is 5.71. The molecule has 6 heteroatoms. The molecule has 2 aromatic carbocycles. The van der Waals surface area contributed by atoms with Crippen molar-refractivity contribution in [2.45, 2.75) is 57.5 Å². The molecule has 3 heterocycles. The second-order valence-corrected chi connectivity index (χ2v) is 10.5. The molecule has 2 fully saturated rings. The van der Waals surface area contributed by atoms with Gasteiger partial charge in [0.15, 0.2) is 0 Å². The first-order valence-electron chi connectivity index (χ1n) is 13.7. The van der Waals surface area contributed by atoms with Crippen LogP contribution in [0.4, 0.5) is 4.39 Å². The van der Waals surface area contributed by atoms with Crippen LogP contribution < -0.4 is 5.32 Å². The smallest absolute Gasteiger partial charge is 0.221 e. The first kappa shape index (κ1) is 25.0. The summed E-state index contributed by atoms with van der Waals surface area (Å²) < 4.78 is 15.6. The number of hydrogen-bond acceptors (Lipinski definition) is 3. The average molecular weight is 491 g/mol. The third-order valence-electron chi connectivity index (χ3n) is 7.96. The number of likely N-dealkylation sites (tertiary alicyclic amines) is 2. The Labute approximate surface area is 214 Å². The van der Waals surface area contributed by atoms with Gasteiger partial charge in [0.1, 0.15) is 5.82 Å². The minimum Gasteiger partial charge on any atom is -0.352 e. The summed E-state index contributed by atoms with van der Waals surface area (Å²) in [6, 6.07) is 16.2. The van der Waals surface area contributed by atoms with E-state index in [4.69, 9.17) is 0 Å². The van der Waals surface area contributed by atoms with Gasteiger partial charge >= 0.3 is 0 Å². The molecule has 0 bridgehead atoms. The normalized spacial score (nSPS) is 18.0. The quantitative estimate of drug-likeness (QED) is 0.451. The Balaban J connectivity index is 1.11. The van der Waals surface area contributed by atoms with Crippen molar-refractivity contribution in [3.63, 3.8) is 0 Å². The van der Waals surface area contributed by atoms with E-state index in [1.807, 2.05) is 12.1 Å². The number of nitrogens with zero attached hydrogens (tertiary/aromatic N) is 3. The van der Waals surface area contributed by atoms with E-state index in [9.17, 15) is 9.18 Å². The number of nitrogens with one attached hydrogen (secondary N) is 1. The van der Waals surface area contributed by atoms with Crippen molar-refractivity contribution in [3.05, 3.63) is 71.7 Å². The molecule has 3 aromatic rings. The van der Waals surface area contributed by atoms with Crippen molar-refractivity contribution in [2.75, 3.05) is 39.3 Å². The molecule has 0 spiro atoms. The fraction of sp³-hybridized carbons (Fsp3) is 0.500. The van der Waals surface area contributed by atoms with Gasteiger partial charge in [0.25, 0.3) is 0 Å². The van der Waals surface area contributed by atoms with Gasteiger partial charge in [-0.3, -0.25) is 4.79 Å². The molecule has 2 aliphatic rings. The number of aromatic nitrogens is 1. The van der Waals surface area contributed by atoms with Gasteiger partial charge in [0.2, 0.25) is 5.91 Å². The van der Waals surface area contributed by atoms with Crippen molar-refractivity contribution < 1.29 is 9.18 Å². The van der Waals surface area contributed by atoms with Crippen molar-refractivity contribution in [2.24, 2.45) is 0 Å². The lowest BCUT2D eigenvalue weighted by Gasteiger charge is -2.33.